The highest BCUT2D eigenvalue weighted by Crippen LogP contribution is 2.33. The first kappa shape index (κ1) is 21.7. The van der Waals surface area contributed by atoms with Crippen LogP contribution in [-0.4, -0.2) is 39.6 Å². The average Bonchev–Trinajstić information content (AvgIpc) is 2.95. The zero-order chi connectivity index (χ0) is 22.7. The van der Waals surface area contributed by atoms with E-state index in [1.165, 1.54) is 31.9 Å². The Morgan fingerprint density at radius 3 is 2.16 bits per heavy atom. The van der Waals surface area contributed by atoms with E-state index in [2.05, 4.69) is 10.4 Å². The molecule has 1 saturated heterocycles. The number of rotatable bonds is 4. The van der Waals surface area contributed by atoms with Crippen LogP contribution < -0.4 is 5.32 Å². The van der Waals surface area contributed by atoms with Crippen molar-refractivity contribution in [3.05, 3.63) is 65.6 Å². The summed E-state index contributed by atoms with van der Waals surface area (Å²) >= 11 is 0. The summed E-state index contributed by atoms with van der Waals surface area (Å²) in [6, 6.07) is 13.4. The third-order valence-electron chi connectivity index (χ3n) is 5.74. The maximum Gasteiger partial charge on any atom is 0.253 e. The third kappa shape index (κ3) is 4.56. The number of hydrogen-bond donors (Lipinski definition) is 1. The van der Waals surface area contributed by atoms with Gasteiger partial charge in [-0.05, 0) is 61.7 Å². The lowest BCUT2D eigenvalue weighted by atomic mass is 10.1. The van der Waals surface area contributed by atoms with E-state index in [0.29, 0.717) is 17.1 Å². The van der Waals surface area contributed by atoms with E-state index in [9.17, 15) is 14.0 Å². The molecule has 1 fully saturated rings. The highest BCUT2D eigenvalue weighted by Gasteiger charge is 2.21. The van der Waals surface area contributed by atoms with Gasteiger partial charge in [-0.25, -0.2) is 9.07 Å². The second kappa shape index (κ2) is 9.34. The number of hydrogen-bond acceptors (Lipinski definition) is 3. The van der Waals surface area contributed by atoms with E-state index in [4.69, 9.17) is 0 Å². The second-order valence-corrected chi connectivity index (χ2v) is 8.16. The molecule has 32 heavy (non-hydrogen) atoms. The standard InChI is InChI=1S/C25H27FN4O2/c1-17-23(19-7-11-21(26)12-8-19)24(27-18(2)31)30(28-17)22-13-9-20(10-14-22)25(32)29-15-5-3-4-6-16-29/h7-14H,3-6,15-16H2,1-2H3,(H,27,31). The number of anilines is 1. The fourth-order valence-corrected chi connectivity index (χ4v) is 4.16. The smallest absolute Gasteiger partial charge is 0.253 e. The minimum absolute atomic E-state index is 0.0455. The first-order valence-electron chi connectivity index (χ1n) is 11.0. The molecule has 1 aromatic heterocycles. The Morgan fingerprint density at radius 1 is 0.938 bits per heavy atom. The number of aromatic nitrogens is 2. The Balaban J connectivity index is 1.68. The van der Waals surface area contributed by atoms with Crippen molar-refractivity contribution in [3.63, 3.8) is 0 Å². The van der Waals surface area contributed by atoms with Gasteiger partial charge >= 0.3 is 0 Å². The maximum atomic E-state index is 13.4. The number of likely N-dealkylation sites (tertiary alicyclic amines) is 1. The van der Waals surface area contributed by atoms with Gasteiger partial charge in [0.15, 0.2) is 0 Å². The van der Waals surface area contributed by atoms with Gasteiger partial charge in [-0.15, -0.1) is 0 Å². The number of benzene rings is 2. The van der Waals surface area contributed by atoms with Crippen LogP contribution in [0.25, 0.3) is 16.8 Å². The molecule has 0 radical (unpaired) electrons. The molecule has 2 heterocycles. The molecule has 0 bridgehead atoms. The number of amides is 2. The van der Waals surface area contributed by atoms with Crippen LogP contribution in [0.1, 0.15) is 48.7 Å². The quantitative estimate of drug-likeness (QED) is 0.631. The molecule has 0 unspecified atom stereocenters. The lowest BCUT2D eigenvalue weighted by Crippen LogP contribution is -2.31. The van der Waals surface area contributed by atoms with Gasteiger partial charge in [0, 0.05) is 31.1 Å². The van der Waals surface area contributed by atoms with Crippen LogP contribution in [0.5, 0.6) is 0 Å². The number of carbonyl (C=O) groups excluding carboxylic acids is 2. The topological polar surface area (TPSA) is 67.2 Å². The molecule has 2 amide bonds. The van der Waals surface area contributed by atoms with E-state index in [0.717, 1.165) is 42.7 Å². The highest BCUT2D eigenvalue weighted by atomic mass is 19.1. The molecule has 4 rings (SSSR count). The van der Waals surface area contributed by atoms with E-state index in [1.54, 1.807) is 28.9 Å². The molecule has 1 aliphatic rings. The van der Waals surface area contributed by atoms with Gasteiger partial charge in [0.25, 0.3) is 5.91 Å². The molecule has 1 aliphatic heterocycles. The van der Waals surface area contributed by atoms with E-state index >= 15 is 0 Å². The summed E-state index contributed by atoms with van der Waals surface area (Å²) in [4.78, 5) is 26.8. The van der Waals surface area contributed by atoms with Crippen LogP contribution in [0, 0.1) is 12.7 Å². The summed E-state index contributed by atoms with van der Waals surface area (Å²) < 4.78 is 15.1. The van der Waals surface area contributed by atoms with Crippen LogP contribution in [0.4, 0.5) is 10.2 Å². The van der Waals surface area contributed by atoms with Crippen LogP contribution in [0.15, 0.2) is 48.5 Å². The molecule has 0 spiro atoms. The summed E-state index contributed by atoms with van der Waals surface area (Å²) in [7, 11) is 0. The first-order valence-corrected chi connectivity index (χ1v) is 11.0. The number of nitrogens with zero attached hydrogens (tertiary/aromatic N) is 3. The van der Waals surface area contributed by atoms with Crippen LogP contribution >= 0.6 is 0 Å². The number of aryl methyl sites for hydroxylation is 1. The minimum Gasteiger partial charge on any atom is -0.339 e. The van der Waals surface area contributed by atoms with Gasteiger partial charge < -0.3 is 10.2 Å². The monoisotopic (exact) mass is 434 g/mol. The van der Waals surface area contributed by atoms with Crippen LogP contribution in [0.2, 0.25) is 0 Å². The molecular weight excluding hydrogens is 407 g/mol. The Bertz CT molecular complexity index is 1110. The van der Waals surface area contributed by atoms with Crippen molar-refractivity contribution in [1.82, 2.24) is 14.7 Å². The third-order valence-corrected chi connectivity index (χ3v) is 5.74. The summed E-state index contributed by atoms with van der Waals surface area (Å²) in [5.74, 6) is -0.00982. The molecule has 0 aliphatic carbocycles. The summed E-state index contributed by atoms with van der Waals surface area (Å²) in [5, 5.41) is 7.49. The van der Waals surface area contributed by atoms with Crippen LogP contribution in [-0.2, 0) is 4.79 Å². The zero-order valence-corrected chi connectivity index (χ0v) is 18.4. The molecule has 3 aromatic rings. The summed E-state index contributed by atoms with van der Waals surface area (Å²) in [6.45, 7) is 4.88. The van der Waals surface area contributed by atoms with Gasteiger partial charge in [0.2, 0.25) is 5.91 Å². The van der Waals surface area contributed by atoms with Crippen LogP contribution in [0.3, 0.4) is 0 Å². The first-order chi connectivity index (χ1) is 15.4. The highest BCUT2D eigenvalue weighted by molar-refractivity contribution is 5.95. The van der Waals surface area contributed by atoms with Gasteiger partial charge in [0.1, 0.15) is 11.6 Å². The minimum atomic E-state index is -0.329. The molecule has 0 saturated carbocycles. The molecule has 2 aromatic carbocycles. The molecule has 1 N–H and O–H groups in total. The Hall–Kier alpha value is -3.48. The molecular formula is C25H27FN4O2. The predicted octanol–water partition coefficient (Wildman–Crippen LogP) is 4.96. The average molecular weight is 435 g/mol. The number of nitrogens with one attached hydrogen (secondary N) is 1. The maximum absolute atomic E-state index is 13.4. The normalized spacial score (nSPS) is 14.2. The van der Waals surface area contributed by atoms with Crippen molar-refractivity contribution >= 4 is 17.6 Å². The molecule has 0 atom stereocenters. The fraction of sp³-hybridized carbons (Fsp3) is 0.320. The SMILES string of the molecule is CC(=O)Nc1c(-c2ccc(F)cc2)c(C)nn1-c1ccc(C(=O)N2CCCCCC2)cc1. The number of halogens is 1. The van der Waals surface area contributed by atoms with Crippen molar-refractivity contribution in [2.24, 2.45) is 0 Å². The van der Waals surface area contributed by atoms with Gasteiger partial charge in [-0.3, -0.25) is 9.59 Å². The van der Waals surface area contributed by atoms with E-state index in [-0.39, 0.29) is 17.6 Å². The van der Waals surface area contributed by atoms with Crippen molar-refractivity contribution in [1.29, 1.82) is 0 Å². The largest absolute Gasteiger partial charge is 0.339 e. The van der Waals surface area contributed by atoms with Gasteiger partial charge in [-0.1, -0.05) is 25.0 Å². The molecule has 166 valence electrons. The molecule has 6 nitrogen and oxygen atoms in total. The zero-order valence-electron chi connectivity index (χ0n) is 18.4. The Labute approximate surface area is 187 Å². The van der Waals surface area contributed by atoms with Crippen molar-refractivity contribution < 1.29 is 14.0 Å². The van der Waals surface area contributed by atoms with Crippen molar-refractivity contribution in [2.75, 3.05) is 18.4 Å². The molecule has 7 heteroatoms. The van der Waals surface area contributed by atoms with Gasteiger partial charge in [-0.2, -0.15) is 5.10 Å². The van der Waals surface area contributed by atoms with Gasteiger partial charge in [0.05, 0.1) is 11.4 Å². The van der Waals surface area contributed by atoms with Crippen molar-refractivity contribution in [2.45, 2.75) is 39.5 Å². The Kier molecular flexibility index (Phi) is 6.35. The van der Waals surface area contributed by atoms with Crippen molar-refractivity contribution in [3.8, 4) is 16.8 Å². The summed E-state index contributed by atoms with van der Waals surface area (Å²) in [5.41, 5.74) is 3.54. The number of carbonyl (C=O) groups is 2. The van der Waals surface area contributed by atoms with E-state index in [1.807, 2.05) is 24.0 Å². The summed E-state index contributed by atoms with van der Waals surface area (Å²) in [6.07, 6.45) is 4.43. The predicted molar refractivity (Wildman–Crippen MR) is 122 cm³/mol. The van der Waals surface area contributed by atoms with E-state index < -0.39 is 0 Å². The Morgan fingerprint density at radius 2 is 1.56 bits per heavy atom. The lowest BCUT2D eigenvalue weighted by molar-refractivity contribution is -0.114. The lowest BCUT2D eigenvalue weighted by Gasteiger charge is -2.20. The fourth-order valence-electron chi connectivity index (χ4n) is 4.16. The second-order valence-electron chi connectivity index (χ2n) is 8.16.